The van der Waals surface area contributed by atoms with Crippen LogP contribution in [-0.2, 0) is 5.16 Å². The van der Waals surface area contributed by atoms with E-state index in [1.54, 1.807) is 0 Å². The van der Waals surface area contributed by atoms with Crippen LogP contribution in [0.2, 0.25) is 0 Å². The molecule has 0 aromatic heterocycles. The minimum absolute atomic E-state index is 0.192. The fourth-order valence-corrected chi connectivity index (χ4v) is 5.28. The Morgan fingerprint density at radius 2 is 1.14 bits per heavy atom. The van der Waals surface area contributed by atoms with E-state index in [0.717, 1.165) is 22.3 Å². The number of benzene rings is 2. The average molecular weight is 319 g/mol. The molecule has 22 heavy (non-hydrogen) atoms. The van der Waals surface area contributed by atoms with Crippen LogP contribution in [0.3, 0.4) is 0 Å². The first-order valence-corrected chi connectivity index (χ1v) is 9.07. The van der Waals surface area contributed by atoms with Gasteiger partial charge in [0.2, 0.25) is 5.16 Å². The predicted molar refractivity (Wildman–Crippen MR) is 91.6 cm³/mol. The lowest BCUT2D eigenvalue weighted by Gasteiger charge is -2.38. The highest BCUT2D eigenvalue weighted by molar-refractivity contribution is 7.60. The smallest absolute Gasteiger partial charge is 0.192 e. The van der Waals surface area contributed by atoms with Crippen molar-refractivity contribution < 1.29 is 14.7 Å². The molecule has 0 fully saturated rings. The van der Waals surface area contributed by atoms with Crippen LogP contribution >= 0.6 is 7.94 Å². The van der Waals surface area contributed by atoms with Crippen molar-refractivity contribution in [3.05, 3.63) is 70.8 Å². The summed E-state index contributed by atoms with van der Waals surface area (Å²) in [6.45, 7) is 7.69. The van der Waals surface area contributed by atoms with Gasteiger partial charge in [0.25, 0.3) is 0 Å². The van der Waals surface area contributed by atoms with E-state index < -0.39 is 13.1 Å². The summed E-state index contributed by atoms with van der Waals surface area (Å²) in [6, 6.07) is 15.2. The van der Waals surface area contributed by atoms with Crippen molar-refractivity contribution in [2.45, 2.75) is 32.9 Å². The van der Waals surface area contributed by atoms with E-state index in [2.05, 4.69) is 0 Å². The maximum absolute atomic E-state index is 10.5. The highest BCUT2D eigenvalue weighted by atomic mass is 31.2. The Bertz CT molecular complexity index is 614. The molecule has 0 heterocycles. The third kappa shape index (κ3) is 2.59. The molecule has 0 aliphatic carbocycles. The van der Waals surface area contributed by atoms with Gasteiger partial charge in [0, 0.05) is 17.0 Å². The normalized spacial score (nSPS) is 12.7. The van der Waals surface area contributed by atoms with Crippen LogP contribution < -0.4 is 0 Å². The number of hydrogen-bond acceptors (Lipinski definition) is 3. The van der Waals surface area contributed by atoms with E-state index in [4.69, 9.17) is 0 Å². The summed E-state index contributed by atoms with van der Waals surface area (Å²) in [7, 11) is -4.21. The van der Waals surface area contributed by atoms with Gasteiger partial charge >= 0.3 is 7.94 Å². The van der Waals surface area contributed by atoms with E-state index in [-0.39, 0.29) is 5.92 Å². The Hall–Kier alpha value is -1.25. The minimum Gasteiger partial charge on any atom is -0.192 e. The third-order valence-corrected chi connectivity index (χ3v) is 6.36. The van der Waals surface area contributed by atoms with Crippen molar-refractivity contribution in [3.8, 4) is 0 Å². The average Bonchev–Trinajstić information content (AvgIpc) is 2.41. The first kappa shape index (κ1) is 17.1. The van der Waals surface area contributed by atoms with Gasteiger partial charge in [0.05, 0.1) is 0 Å². The number of hydrogen-bond donors (Lipinski definition) is 3. The Kier molecular flexibility index (Phi) is 4.74. The van der Waals surface area contributed by atoms with Crippen LogP contribution in [-0.4, -0.2) is 14.7 Å². The molecule has 0 aliphatic rings. The number of aryl methyl sites for hydroxylation is 2. The molecule has 0 saturated heterocycles. The second-order valence-electron chi connectivity index (χ2n) is 6.12. The quantitative estimate of drug-likeness (QED) is 0.748. The van der Waals surface area contributed by atoms with Gasteiger partial charge in [0.1, 0.15) is 0 Å². The molecule has 118 valence electrons. The van der Waals surface area contributed by atoms with Crippen molar-refractivity contribution >= 4 is 7.94 Å². The lowest BCUT2D eigenvalue weighted by Crippen LogP contribution is -2.37. The summed E-state index contributed by atoms with van der Waals surface area (Å²) in [5.41, 5.74) is 3.39. The van der Waals surface area contributed by atoms with Gasteiger partial charge in [-0.1, -0.05) is 62.4 Å². The van der Waals surface area contributed by atoms with Crippen LogP contribution in [0, 0.1) is 19.8 Å². The van der Waals surface area contributed by atoms with Gasteiger partial charge in [-0.2, -0.15) is 14.7 Å². The second kappa shape index (κ2) is 6.10. The van der Waals surface area contributed by atoms with Crippen molar-refractivity contribution in [3.63, 3.8) is 0 Å². The molecule has 0 amide bonds. The van der Waals surface area contributed by atoms with E-state index >= 15 is 0 Å². The van der Waals surface area contributed by atoms with Crippen LogP contribution in [0.4, 0.5) is 0 Å². The molecular formula is C18H24O3P+. The fraction of sp³-hybridized carbons (Fsp3) is 0.333. The molecule has 0 bridgehead atoms. The summed E-state index contributed by atoms with van der Waals surface area (Å²) >= 11 is 0. The van der Waals surface area contributed by atoms with Crippen molar-refractivity contribution in [2.75, 3.05) is 0 Å². The second-order valence-corrected chi connectivity index (χ2v) is 7.96. The molecule has 4 heteroatoms. The van der Waals surface area contributed by atoms with Gasteiger partial charge < -0.3 is 0 Å². The maximum atomic E-state index is 10.5. The highest BCUT2D eigenvalue weighted by Gasteiger charge is 2.63. The maximum Gasteiger partial charge on any atom is 0.419 e. The number of rotatable bonds is 4. The summed E-state index contributed by atoms with van der Waals surface area (Å²) in [4.78, 5) is 31.4. The zero-order valence-corrected chi connectivity index (χ0v) is 14.4. The zero-order chi connectivity index (χ0) is 16.5. The molecule has 2 aromatic carbocycles. The molecule has 2 aromatic rings. The van der Waals surface area contributed by atoms with E-state index in [0.29, 0.717) is 0 Å². The van der Waals surface area contributed by atoms with Crippen LogP contribution in [0.25, 0.3) is 0 Å². The Labute approximate surface area is 132 Å². The molecule has 2 rings (SSSR count). The highest BCUT2D eigenvalue weighted by Crippen LogP contribution is 2.70. The lowest BCUT2D eigenvalue weighted by atomic mass is 9.78. The molecule has 0 atom stereocenters. The largest absolute Gasteiger partial charge is 0.419 e. The van der Waals surface area contributed by atoms with Gasteiger partial charge in [-0.3, -0.25) is 0 Å². The Morgan fingerprint density at radius 3 is 1.41 bits per heavy atom. The summed E-state index contributed by atoms with van der Waals surface area (Å²) in [5, 5.41) is -1.22. The lowest BCUT2D eigenvalue weighted by molar-refractivity contribution is 0.270. The Balaban J connectivity index is 2.92. The van der Waals surface area contributed by atoms with Crippen LogP contribution in [0.1, 0.15) is 36.1 Å². The predicted octanol–water partition coefficient (Wildman–Crippen LogP) is 3.94. The van der Waals surface area contributed by atoms with E-state index in [1.807, 2.05) is 76.2 Å². The first-order chi connectivity index (χ1) is 10.2. The van der Waals surface area contributed by atoms with Crippen molar-refractivity contribution in [1.82, 2.24) is 0 Å². The summed E-state index contributed by atoms with van der Waals surface area (Å²) in [5.74, 6) is -0.192. The molecule has 0 aliphatic heterocycles. The molecule has 0 spiro atoms. The molecule has 0 unspecified atom stereocenters. The molecule has 0 saturated carbocycles. The standard InChI is InChI=1S/C18H24O3P/c1-13(2)18(22(19,20)21,16-11-7-5-9-14(16)3)17-12-8-6-10-15(17)4/h5-13,19-21H,1-4H3/q+1. The summed E-state index contributed by atoms with van der Waals surface area (Å²) < 4.78 is 0. The zero-order valence-electron chi connectivity index (χ0n) is 13.5. The van der Waals surface area contributed by atoms with Crippen molar-refractivity contribution in [1.29, 1.82) is 0 Å². The van der Waals surface area contributed by atoms with Gasteiger partial charge in [-0.25, -0.2) is 0 Å². The Morgan fingerprint density at radius 1 is 0.773 bits per heavy atom. The monoisotopic (exact) mass is 319 g/mol. The molecule has 3 N–H and O–H groups in total. The van der Waals surface area contributed by atoms with Crippen LogP contribution in [0.5, 0.6) is 0 Å². The first-order valence-electron chi connectivity index (χ1n) is 7.42. The molecule has 3 nitrogen and oxygen atoms in total. The molecule has 0 radical (unpaired) electrons. The van der Waals surface area contributed by atoms with E-state index in [1.165, 1.54) is 0 Å². The van der Waals surface area contributed by atoms with Gasteiger partial charge in [-0.05, 0) is 25.0 Å². The van der Waals surface area contributed by atoms with Crippen molar-refractivity contribution in [2.24, 2.45) is 5.92 Å². The summed E-state index contributed by atoms with van der Waals surface area (Å²) in [6.07, 6.45) is 0. The van der Waals surface area contributed by atoms with Gasteiger partial charge in [-0.15, -0.1) is 0 Å². The topological polar surface area (TPSA) is 60.7 Å². The third-order valence-electron chi connectivity index (χ3n) is 4.42. The SMILES string of the molecule is Cc1ccccc1C(c1ccccc1C)(C(C)C)[P+](O)(O)O. The molecular weight excluding hydrogens is 295 g/mol. The fourth-order valence-electron chi connectivity index (χ4n) is 3.44. The van der Waals surface area contributed by atoms with E-state index in [9.17, 15) is 14.7 Å². The minimum atomic E-state index is -4.21. The van der Waals surface area contributed by atoms with Gasteiger partial charge in [0.15, 0.2) is 0 Å². The van der Waals surface area contributed by atoms with Crippen LogP contribution in [0.15, 0.2) is 48.5 Å².